The zero-order valence-electron chi connectivity index (χ0n) is 17.6. The van der Waals surface area contributed by atoms with E-state index in [0.29, 0.717) is 17.1 Å². The van der Waals surface area contributed by atoms with Crippen LogP contribution < -0.4 is 11.2 Å². The van der Waals surface area contributed by atoms with Crippen molar-refractivity contribution in [3.05, 3.63) is 67.8 Å². The summed E-state index contributed by atoms with van der Waals surface area (Å²) in [7, 11) is 0. The number of hydrogen-bond donors (Lipinski definition) is 0. The number of benzene rings is 1. The van der Waals surface area contributed by atoms with Crippen LogP contribution >= 0.6 is 15.9 Å². The monoisotopic (exact) mass is 481 g/mol. The molecule has 0 unspecified atom stereocenters. The second-order valence-electron chi connectivity index (χ2n) is 8.66. The molecule has 0 atom stereocenters. The van der Waals surface area contributed by atoms with Crippen LogP contribution in [0.2, 0.25) is 0 Å². The zero-order chi connectivity index (χ0) is 21.7. The van der Waals surface area contributed by atoms with Gasteiger partial charge in [-0.05, 0) is 49.4 Å². The lowest BCUT2D eigenvalue weighted by molar-refractivity contribution is 0.500. The van der Waals surface area contributed by atoms with E-state index in [-0.39, 0.29) is 23.8 Å². The Morgan fingerprint density at radius 1 is 1.10 bits per heavy atom. The molecule has 7 nitrogen and oxygen atoms in total. The number of fused-ring (bicyclic) bond motifs is 2. The summed E-state index contributed by atoms with van der Waals surface area (Å²) in [4.78, 5) is 34.8. The first-order chi connectivity index (χ1) is 14.9. The van der Waals surface area contributed by atoms with E-state index in [2.05, 4.69) is 44.3 Å². The van der Waals surface area contributed by atoms with Crippen molar-refractivity contribution >= 4 is 37.9 Å². The Bertz CT molecular complexity index is 1410. The molecule has 8 heteroatoms. The fraction of sp³-hybridized carbons (Fsp3) is 0.391. The summed E-state index contributed by atoms with van der Waals surface area (Å²) >= 11 is 3.45. The highest BCUT2D eigenvalue weighted by atomic mass is 79.9. The maximum Gasteiger partial charge on any atom is 0.329 e. The molecular weight excluding hydrogens is 458 g/mol. The van der Waals surface area contributed by atoms with E-state index in [9.17, 15) is 9.59 Å². The number of rotatable bonds is 6. The van der Waals surface area contributed by atoms with Gasteiger partial charge in [0.05, 0.1) is 34.7 Å². The Balaban J connectivity index is 1.70. The van der Waals surface area contributed by atoms with Gasteiger partial charge in [-0.1, -0.05) is 29.8 Å². The van der Waals surface area contributed by atoms with Gasteiger partial charge in [-0.25, -0.2) is 4.79 Å². The predicted octanol–water partition coefficient (Wildman–Crippen LogP) is 4.10. The van der Waals surface area contributed by atoms with Gasteiger partial charge in [-0.3, -0.25) is 18.9 Å². The summed E-state index contributed by atoms with van der Waals surface area (Å²) in [6, 6.07) is 7.85. The molecule has 0 N–H and O–H groups in total. The molecule has 3 heterocycles. The molecule has 3 aromatic heterocycles. The number of aromatic nitrogens is 5. The highest BCUT2D eigenvalue weighted by Gasteiger charge is 2.29. The summed E-state index contributed by atoms with van der Waals surface area (Å²) in [5.74, 6) is 1.10. The Labute approximate surface area is 187 Å². The molecule has 0 bridgehead atoms. The number of aryl methyl sites for hydroxylation is 1. The second-order valence-corrected chi connectivity index (χ2v) is 9.58. The third kappa shape index (κ3) is 3.63. The Morgan fingerprint density at radius 3 is 2.65 bits per heavy atom. The second kappa shape index (κ2) is 7.75. The van der Waals surface area contributed by atoms with Gasteiger partial charge >= 0.3 is 5.69 Å². The molecule has 0 radical (unpaired) electrons. The van der Waals surface area contributed by atoms with Gasteiger partial charge in [0.1, 0.15) is 5.82 Å². The topological polar surface area (TPSA) is 74.7 Å². The van der Waals surface area contributed by atoms with Crippen molar-refractivity contribution < 1.29 is 0 Å². The minimum Gasteiger partial charge on any atom is -0.327 e. The molecule has 1 aliphatic rings. The fourth-order valence-corrected chi connectivity index (χ4v) is 4.52. The molecule has 0 amide bonds. The summed E-state index contributed by atoms with van der Waals surface area (Å²) < 4.78 is 6.51. The molecule has 1 aliphatic carbocycles. The van der Waals surface area contributed by atoms with E-state index >= 15 is 0 Å². The average Bonchev–Trinajstić information content (AvgIpc) is 3.53. The molecule has 0 saturated heterocycles. The van der Waals surface area contributed by atoms with Crippen molar-refractivity contribution in [1.29, 1.82) is 0 Å². The van der Waals surface area contributed by atoms with Crippen molar-refractivity contribution in [2.24, 2.45) is 5.92 Å². The van der Waals surface area contributed by atoms with Gasteiger partial charge in [0.2, 0.25) is 0 Å². The maximum atomic E-state index is 13.3. The molecule has 4 aromatic rings. The van der Waals surface area contributed by atoms with Gasteiger partial charge in [0.15, 0.2) is 0 Å². The smallest absolute Gasteiger partial charge is 0.327 e. The number of hydrogen-bond acceptors (Lipinski definition) is 4. The molecule has 31 heavy (non-hydrogen) atoms. The van der Waals surface area contributed by atoms with Crippen molar-refractivity contribution in [3.8, 4) is 0 Å². The molecule has 1 saturated carbocycles. The Hall–Kier alpha value is -2.74. The summed E-state index contributed by atoms with van der Waals surface area (Å²) in [6.07, 6.45) is 6.43. The lowest BCUT2D eigenvalue weighted by atomic mass is 10.1. The minimum absolute atomic E-state index is 0.0638. The lowest BCUT2D eigenvalue weighted by Crippen LogP contribution is -2.28. The van der Waals surface area contributed by atoms with Crippen molar-refractivity contribution in [3.63, 3.8) is 0 Å². The first-order valence-electron chi connectivity index (χ1n) is 10.7. The molecule has 0 aliphatic heterocycles. The molecule has 1 aromatic carbocycles. The van der Waals surface area contributed by atoms with E-state index in [4.69, 9.17) is 0 Å². The number of pyridine rings is 1. The molecular formula is C23H24BrN5O2. The van der Waals surface area contributed by atoms with Crippen LogP contribution in [0.5, 0.6) is 0 Å². The minimum atomic E-state index is -0.274. The van der Waals surface area contributed by atoms with E-state index in [1.807, 2.05) is 28.8 Å². The molecule has 1 fully saturated rings. The van der Waals surface area contributed by atoms with Crippen LogP contribution in [0.25, 0.3) is 21.9 Å². The highest BCUT2D eigenvalue weighted by Crippen LogP contribution is 2.36. The van der Waals surface area contributed by atoms with Crippen LogP contribution in [0.3, 0.4) is 0 Å². The van der Waals surface area contributed by atoms with Gasteiger partial charge < -0.3 is 4.57 Å². The molecule has 160 valence electrons. The molecule has 5 rings (SSSR count). The third-order valence-corrected chi connectivity index (χ3v) is 6.42. The number of imidazole rings is 1. The van der Waals surface area contributed by atoms with Crippen molar-refractivity contribution in [1.82, 2.24) is 23.7 Å². The quantitative estimate of drug-likeness (QED) is 0.415. The summed E-state index contributed by atoms with van der Waals surface area (Å²) in [5, 5.41) is 0.580. The Morgan fingerprint density at radius 2 is 1.90 bits per heavy atom. The van der Waals surface area contributed by atoms with Crippen LogP contribution in [0.15, 0.2) is 50.7 Å². The SMILES string of the molecule is CC(C)CCn1c(Cn2c(=O)n(C3CC3)c3ccncc32)nc(=O)c2cc(Br)ccc21. The highest BCUT2D eigenvalue weighted by molar-refractivity contribution is 9.10. The predicted molar refractivity (Wildman–Crippen MR) is 125 cm³/mol. The summed E-state index contributed by atoms with van der Waals surface area (Å²) in [5.41, 5.74) is 2.18. The third-order valence-electron chi connectivity index (χ3n) is 5.93. The van der Waals surface area contributed by atoms with Gasteiger partial charge in [-0.2, -0.15) is 4.98 Å². The van der Waals surface area contributed by atoms with Gasteiger partial charge in [-0.15, -0.1) is 0 Å². The maximum absolute atomic E-state index is 13.3. The van der Waals surface area contributed by atoms with E-state index in [1.54, 1.807) is 17.0 Å². The lowest BCUT2D eigenvalue weighted by Gasteiger charge is -2.17. The van der Waals surface area contributed by atoms with Gasteiger partial charge in [0.25, 0.3) is 5.56 Å². The van der Waals surface area contributed by atoms with E-state index < -0.39 is 0 Å². The van der Waals surface area contributed by atoms with Crippen LogP contribution in [0, 0.1) is 5.92 Å². The zero-order valence-corrected chi connectivity index (χ0v) is 19.2. The van der Waals surface area contributed by atoms with Crippen LogP contribution in [-0.2, 0) is 13.1 Å². The van der Waals surface area contributed by atoms with Crippen LogP contribution in [-0.4, -0.2) is 23.7 Å². The average molecular weight is 482 g/mol. The van der Waals surface area contributed by atoms with E-state index in [1.165, 1.54) is 0 Å². The van der Waals surface area contributed by atoms with Gasteiger partial charge in [0, 0.05) is 23.3 Å². The summed E-state index contributed by atoms with van der Waals surface area (Å²) in [6.45, 7) is 5.31. The van der Waals surface area contributed by atoms with E-state index in [0.717, 1.165) is 46.8 Å². The largest absolute Gasteiger partial charge is 0.329 e. The number of nitrogens with zero attached hydrogens (tertiary/aromatic N) is 5. The molecule has 0 spiro atoms. The van der Waals surface area contributed by atoms with Crippen molar-refractivity contribution in [2.45, 2.75) is 52.2 Å². The van der Waals surface area contributed by atoms with Crippen molar-refractivity contribution in [2.75, 3.05) is 0 Å². The fourth-order valence-electron chi connectivity index (χ4n) is 4.16. The first-order valence-corrected chi connectivity index (χ1v) is 11.5. The first kappa shape index (κ1) is 20.2. The van der Waals surface area contributed by atoms with Crippen LogP contribution in [0.4, 0.5) is 0 Å². The normalized spacial score (nSPS) is 14.2. The Kier molecular flexibility index (Phi) is 5.04. The standard InChI is InChI=1S/C23H24BrN5O2/c1-14(2)8-10-27-18-6-3-15(24)11-17(18)22(30)26-21(27)13-28-20-12-25-9-7-19(20)29(23(28)31)16-4-5-16/h3,6-7,9,11-12,14,16H,4-5,8,10,13H2,1-2H3. The number of halogens is 1. The van der Waals surface area contributed by atoms with Crippen LogP contribution in [0.1, 0.15) is 45.0 Å².